The SMILES string of the molecule is CCCN(CCC)COCC1=Cc2c(Cl)cc(-c3ccc4c(=O)n(Cc5nc(C)cc(C)n5)ncc4c3)cc2NC(N)C1. The summed E-state index contributed by atoms with van der Waals surface area (Å²) in [4.78, 5) is 24.5. The quantitative estimate of drug-likeness (QED) is 0.209. The molecule has 0 aliphatic carbocycles. The van der Waals surface area contributed by atoms with Crippen LogP contribution in [0.25, 0.3) is 28.0 Å². The molecule has 2 aromatic carbocycles. The monoisotopic (exact) mass is 601 g/mol. The van der Waals surface area contributed by atoms with E-state index in [1.807, 2.05) is 44.2 Å². The largest absolute Gasteiger partial charge is 0.369 e. The molecular weight excluding hydrogens is 562 g/mol. The summed E-state index contributed by atoms with van der Waals surface area (Å²) < 4.78 is 7.49. The number of fused-ring (bicyclic) bond motifs is 2. The molecule has 0 spiro atoms. The first-order valence-corrected chi connectivity index (χ1v) is 15.3. The highest BCUT2D eigenvalue weighted by atomic mass is 35.5. The van der Waals surface area contributed by atoms with Crippen molar-refractivity contribution in [1.29, 1.82) is 0 Å². The molecule has 3 N–H and O–H groups in total. The minimum Gasteiger partial charge on any atom is -0.369 e. The molecule has 0 bridgehead atoms. The highest BCUT2D eigenvalue weighted by Crippen LogP contribution is 2.36. The van der Waals surface area contributed by atoms with Gasteiger partial charge < -0.3 is 15.8 Å². The third kappa shape index (κ3) is 7.48. The first-order chi connectivity index (χ1) is 20.7. The topological polar surface area (TPSA) is 111 Å². The number of nitrogens with zero attached hydrogens (tertiary/aromatic N) is 5. The molecule has 0 saturated carbocycles. The number of rotatable bonds is 11. The van der Waals surface area contributed by atoms with Crippen LogP contribution in [0.5, 0.6) is 0 Å². The van der Waals surface area contributed by atoms with Crippen molar-refractivity contribution in [3.63, 3.8) is 0 Å². The molecule has 9 nitrogen and oxygen atoms in total. The molecule has 1 atom stereocenters. The predicted molar refractivity (Wildman–Crippen MR) is 174 cm³/mol. The van der Waals surface area contributed by atoms with Gasteiger partial charge in [-0.25, -0.2) is 14.6 Å². The van der Waals surface area contributed by atoms with Crippen molar-refractivity contribution in [1.82, 2.24) is 24.6 Å². The number of aryl methyl sites for hydroxylation is 2. The van der Waals surface area contributed by atoms with Crippen LogP contribution in [0.1, 0.15) is 55.9 Å². The number of benzene rings is 2. The number of halogens is 1. The van der Waals surface area contributed by atoms with E-state index in [1.165, 1.54) is 4.68 Å². The molecule has 1 aliphatic rings. The normalized spacial score (nSPS) is 14.9. The van der Waals surface area contributed by atoms with Gasteiger partial charge >= 0.3 is 0 Å². The van der Waals surface area contributed by atoms with Crippen molar-refractivity contribution in [2.75, 3.05) is 31.7 Å². The Morgan fingerprint density at radius 1 is 1.07 bits per heavy atom. The molecule has 0 radical (unpaired) electrons. The van der Waals surface area contributed by atoms with Gasteiger partial charge in [0.05, 0.1) is 36.1 Å². The minimum absolute atomic E-state index is 0.188. The van der Waals surface area contributed by atoms with Crippen molar-refractivity contribution in [3.05, 3.63) is 86.3 Å². The molecule has 0 fully saturated rings. The van der Waals surface area contributed by atoms with Crippen LogP contribution in [0.15, 0.2) is 53.0 Å². The van der Waals surface area contributed by atoms with Crippen LogP contribution in [0, 0.1) is 13.8 Å². The number of aromatic nitrogens is 4. The van der Waals surface area contributed by atoms with Crippen LogP contribution in [0.4, 0.5) is 5.69 Å². The van der Waals surface area contributed by atoms with E-state index < -0.39 is 0 Å². The second kappa shape index (κ2) is 13.8. The Kier molecular flexibility index (Phi) is 9.87. The van der Waals surface area contributed by atoms with Crippen LogP contribution in [0.2, 0.25) is 5.02 Å². The number of ether oxygens (including phenoxy) is 1. The third-order valence-electron chi connectivity index (χ3n) is 7.45. The molecule has 5 rings (SSSR count). The maximum Gasteiger partial charge on any atom is 0.275 e. The second-order valence-electron chi connectivity index (χ2n) is 11.2. The number of nitrogens with one attached hydrogen (secondary N) is 1. The van der Waals surface area contributed by atoms with Crippen LogP contribution < -0.4 is 16.6 Å². The van der Waals surface area contributed by atoms with E-state index in [2.05, 4.69) is 51.3 Å². The molecule has 1 unspecified atom stereocenters. The van der Waals surface area contributed by atoms with E-state index in [9.17, 15) is 4.79 Å². The Balaban J connectivity index is 1.38. The molecular formula is C33H40ClN7O2. The summed E-state index contributed by atoms with van der Waals surface area (Å²) in [5, 5.41) is 9.78. The fourth-order valence-corrected chi connectivity index (χ4v) is 5.88. The second-order valence-corrected chi connectivity index (χ2v) is 11.7. The summed E-state index contributed by atoms with van der Waals surface area (Å²) >= 11 is 6.86. The molecule has 1 aliphatic heterocycles. The maximum absolute atomic E-state index is 13.3. The summed E-state index contributed by atoms with van der Waals surface area (Å²) in [5.41, 5.74) is 12.7. The molecule has 4 aromatic rings. The average molecular weight is 602 g/mol. The molecule has 10 heteroatoms. The van der Waals surface area contributed by atoms with Crippen molar-refractivity contribution in [2.24, 2.45) is 5.73 Å². The molecule has 3 heterocycles. The zero-order valence-electron chi connectivity index (χ0n) is 25.4. The van der Waals surface area contributed by atoms with Crippen LogP contribution >= 0.6 is 11.6 Å². The van der Waals surface area contributed by atoms with E-state index in [4.69, 9.17) is 22.1 Å². The van der Waals surface area contributed by atoms with Gasteiger partial charge in [0.1, 0.15) is 12.4 Å². The fraction of sp³-hybridized carbons (Fsp3) is 0.394. The summed E-state index contributed by atoms with van der Waals surface area (Å²) in [7, 11) is 0. The lowest BCUT2D eigenvalue weighted by molar-refractivity contribution is 0.0397. The van der Waals surface area contributed by atoms with E-state index >= 15 is 0 Å². The van der Waals surface area contributed by atoms with Crippen LogP contribution in [-0.2, 0) is 11.3 Å². The fourth-order valence-electron chi connectivity index (χ4n) is 5.61. The Bertz CT molecular complexity index is 1670. The van der Waals surface area contributed by atoms with Crippen LogP contribution in [0.3, 0.4) is 0 Å². The Morgan fingerprint density at radius 3 is 2.53 bits per heavy atom. The van der Waals surface area contributed by atoms with E-state index in [0.29, 0.717) is 36.0 Å². The minimum atomic E-state index is -0.273. The number of anilines is 1. The van der Waals surface area contributed by atoms with Gasteiger partial charge in [-0.1, -0.05) is 31.5 Å². The predicted octanol–water partition coefficient (Wildman–Crippen LogP) is 5.75. The van der Waals surface area contributed by atoms with Crippen molar-refractivity contribution < 1.29 is 4.74 Å². The Morgan fingerprint density at radius 2 is 1.81 bits per heavy atom. The lowest BCUT2D eigenvalue weighted by Crippen LogP contribution is -2.31. The highest BCUT2D eigenvalue weighted by molar-refractivity contribution is 6.33. The number of hydrogen-bond donors (Lipinski definition) is 2. The van der Waals surface area contributed by atoms with Gasteiger partial charge in [0.25, 0.3) is 5.56 Å². The van der Waals surface area contributed by atoms with Crippen molar-refractivity contribution in [2.45, 2.75) is 59.7 Å². The summed E-state index contributed by atoms with van der Waals surface area (Å²) in [5.74, 6) is 0.562. The number of hydrogen-bond acceptors (Lipinski definition) is 8. The molecule has 2 aromatic heterocycles. The molecule has 43 heavy (non-hydrogen) atoms. The first-order valence-electron chi connectivity index (χ1n) is 14.9. The summed E-state index contributed by atoms with van der Waals surface area (Å²) in [6.07, 6.45) is 6.38. The van der Waals surface area contributed by atoms with Gasteiger partial charge in [0.2, 0.25) is 0 Å². The van der Waals surface area contributed by atoms with Crippen LogP contribution in [-0.4, -0.2) is 57.2 Å². The Hall–Kier alpha value is -3.63. The lowest BCUT2D eigenvalue weighted by Gasteiger charge is -2.21. The lowest BCUT2D eigenvalue weighted by atomic mass is 9.99. The van der Waals surface area contributed by atoms with Gasteiger partial charge in [0.15, 0.2) is 0 Å². The van der Waals surface area contributed by atoms with Gasteiger partial charge in [-0.3, -0.25) is 9.69 Å². The zero-order valence-corrected chi connectivity index (χ0v) is 26.1. The summed E-state index contributed by atoms with van der Waals surface area (Å²) in [6, 6.07) is 11.6. The molecule has 0 saturated heterocycles. The average Bonchev–Trinajstić information content (AvgIpc) is 3.12. The third-order valence-corrected chi connectivity index (χ3v) is 7.76. The standard InChI is InChI=1S/C33H40ClN7O2/c1-5-9-40(10-6-2)20-43-19-23-12-28-29(34)15-25(16-30(28)39-31(35)13-23)24-7-8-27-26(14-24)17-36-41(33(27)42)18-32-37-21(3)11-22(4)38-32/h7-8,11-12,14-17,31,39H,5-6,9-10,13,18-20,35H2,1-4H3. The molecule has 0 amide bonds. The van der Waals surface area contributed by atoms with Gasteiger partial charge in [0, 0.05) is 47.5 Å². The van der Waals surface area contributed by atoms with Crippen molar-refractivity contribution >= 4 is 34.1 Å². The number of nitrogens with two attached hydrogens (primary N) is 1. The Labute approximate surface area is 257 Å². The smallest absolute Gasteiger partial charge is 0.275 e. The molecule has 226 valence electrons. The zero-order chi connectivity index (χ0) is 30.5. The van der Waals surface area contributed by atoms with Gasteiger partial charge in [-0.05, 0) is 79.8 Å². The van der Waals surface area contributed by atoms with Crippen molar-refractivity contribution in [3.8, 4) is 11.1 Å². The van der Waals surface area contributed by atoms with E-state index in [0.717, 1.165) is 70.7 Å². The summed E-state index contributed by atoms with van der Waals surface area (Å²) in [6.45, 7) is 11.5. The van der Waals surface area contributed by atoms with E-state index in [1.54, 1.807) is 6.20 Å². The first kappa shape index (κ1) is 30.8. The van der Waals surface area contributed by atoms with Gasteiger partial charge in [-0.15, -0.1) is 0 Å². The van der Waals surface area contributed by atoms with E-state index in [-0.39, 0.29) is 18.3 Å². The maximum atomic E-state index is 13.3. The highest BCUT2D eigenvalue weighted by Gasteiger charge is 2.19. The van der Waals surface area contributed by atoms with Gasteiger partial charge in [-0.2, -0.15) is 5.10 Å².